The molecule has 0 spiro atoms. The van der Waals surface area contributed by atoms with Gasteiger partial charge in [-0.05, 0) is 37.9 Å². The van der Waals surface area contributed by atoms with Crippen molar-refractivity contribution in [1.29, 1.82) is 0 Å². The topological polar surface area (TPSA) is 46.6 Å². The van der Waals surface area contributed by atoms with E-state index in [4.69, 9.17) is 16.3 Å². The first-order valence-corrected chi connectivity index (χ1v) is 10.7. The molecule has 0 aliphatic carbocycles. The van der Waals surface area contributed by atoms with Crippen LogP contribution in [0.25, 0.3) is 0 Å². The first-order chi connectivity index (χ1) is 9.63. The van der Waals surface area contributed by atoms with Crippen LogP contribution in [0.3, 0.4) is 0 Å². The van der Waals surface area contributed by atoms with Crippen molar-refractivity contribution in [1.82, 2.24) is 4.31 Å². The number of unbranched alkanes of at least 4 members (excludes halogenated alkanes) is 1. The Balaban J connectivity index is 1.99. The van der Waals surface area contributed by atoms with Crippen LogP contribution in [0.5, 0.6) is 0 Å². The third-order valence-electron chi connectivity index (χ3n) is 3.86. The molecule has 0 aromatic rings. The summed E-state index contributed by atoms with van der Waals surface area (Å²) in [6, 6.07) is 0.158. The molecule has 2 atom stereocenters. The molecule has 2 saturated heterocycles. The molecule has 0 amide bonds. The minimum atomic E-state index is -3.18. The molecule has 2 fully saturated rings. The van der Waals surface area contributed by atoms with Crippen molar-refractivity contribution >= 4 is 33.4 Å². The zero-order valence-corrected chi connectivity index (χ0v) is 14.2. The standard InChI is InChI=1S/C13H24ClNO3S2/c14-6-1-2-9-20(16,17)15(12-5-8-19-11-12)10-13-4-3-7-18-13/h12-13H,1-11H2. The SMILES string of the molecule is O=S(=O)(CCCCCl)N(CC1CCCO1)C1CCSC1. The van der Waals surface area contributed by atoms with Gasteiger partial charge in [0.1, 0.15) is 0 Å². The molecule has 2 unspecified atom stereocenters. The van der Waals surface area contributed by atoms with E-state index >= 15 is 0 Å². The molecule has 0 radical (unpaired) electrons. The van der Waals surface area contributed by atoms with Crippen molar-refractivity contribution in [3.63, 3.8) is 0 Å². The fourth-order valence-corrected chi connectivity index (χ4v) is 6.06. The first-order valence-electron chi connectivity index (χ1n) is 7.38. The Morgan fingerprint density at radius 1 is 1.30 bits per heavy atom. The van der Waals surface area contributed by atoms with Crippen molar-refractivity contribution < 1.29 is 13.2 Å². The van der Waals surface area contributed by atoms with E-state index in [-0.39, 0.29) is 17.9 Å². The summed E-state index contributed by atoms with van der Waals surface area (Å²) in [5.41, 5.74) is 0. The second-order valence-corrected chi connectivity index (χ2v) is 9.00. The second kappa shape index (κ2) is 8.22. The molecular formula is C13H24ClNO3S2. The molecule has 4 nitrogen and oxygen atoms in total. The van der Waals surface area contributed by atoms with E-state index in [0.29, 0.717) is 18.8 Å². The quantitative estimate of drug-likeness (QED) is 0.502. The summed E-state index contributed by atoms with van der Waals surface area (Å²) in [4.78, 5) is 0. The molecule has 0 aromatic heterocycles. The molecule has 0 saturated carbocycles. The monoisotopic (exact) mass is 341 g/mol. The van der Waals surface area contributed by atoms with Crippen molar-refractivity contribution in [2.24, 2.45) is 0 Å². The lowest BCUT2D eigenvalue weighted by atomic mass is 10.2. The summed E-state index contributed by atoms with van der Waals surface area (Å²) in [6.45, 7) is 1.30. The van der Waals surface area contributed by atoms with Gasteiger partial charge in [-0.3, -0.25) is 0 Å². The molecule has 2 heterocycles. The summed E-state index contributed by atoms with van der Waals surface area (Å²) in [7, 11) is -3.18. The van der Waals surface area contributed by atoms with Crippen LogP contribution < -0.4 is 0 Å². The second-order valence-electron chi connectivity index (χ2n) is 5.43. The Labute approximate surface area is 131 Å². The van der Waals surface area contributed by atoms with Gasteiger partial charge in [0, 0.05) is 30.8 Å². The lowest BCUT2D eigenvalue weighted by Gasteiger charge is -2.29. The molecule has 2 aliphatic heterocycles. The van der Waals surface area contributed by atoms with E-state index < -0.39 is 10.0 Å². The molecule has 118 valence electrons. The summed E-state index contributed by atoms with van der Waals surface area (Å²) in [6.07, 6.45) is 4.48. The van der Waals surface area contributed by atoms with Crippen LogP contribution in [0.1, 0.15) is 32.1 Å². The number of hydrogen-bond acceptors (Lipinski definition) is 4. The van der Waals surface area contributed by atoms with Crippen LogP contribution >= 0.6 is 23.4 Å². The summed E-state index contributed by atoms with van der Waals surface area (Å²) in [5.74, 6) is 2.72. The summed E-state index contributed by atoms with van der Waals surface area (Å²) >= 11 is 7.49. The van der Waals surface area contributed by atoms with Crippen LogP contribution in [-0.2, 0) is 14.8 Å². The van der Waals surface area contributed by atoms with Crippen LogP contribution in [0.4, 0.5) is 0 Å². The number of sulfonamides is 1. The fourth-order valence-electron chi connectivity index (χ4n) is 2.72. The minimum absolute atomic E-state index is 0.0865. The van der Waals surface area contributed by atoms with Crippen molar-refractivity contribution in [2.75, 3.05) is 36.3 Å². The van der Waals surface area contributed by atoms with E-state index in [9.17, 15) is 8.42 Å². The highest BCUT2D eigenvalue weighted by molar-refractivity contribution is 7.99. The predicted octanol–water partition coefficient (Wildman–Crippen LogP) is 2.32. The Morgan fingerprint density at radius 2 is 2.15 bits per heavy atom. The maximum atomic E-state index is 12.6. The molecule has 2 rings (SSSR count). The number of nitrogens with zero attached hydrogens (tertiary/aromatic N) is 1. The third kappa shape index (κ3) is 4.77. The van der Waals surface area contributed by atoms with Gasteiger partial charge in [-0.15, -0.1) is 11.6 Å². The number of thioether (sulfide) groups is 1. The van der Waals surface area contributed by atoms with E-state index in [0.717, 1.165) is 43.8 Å². The third-order valence-corrected chi connectivity index (χ3v) is 7.24. The van der Waals surface area contributed by atoms with Gasteiger partial charge in [-0.25, -0.2) is 8.42 Å². The average molecular weight is 342 g/mol. The van der Waals surface area contributed by atoms with Gasteiger partial charge in [-0.1, -0.05) is 0 Å². The van der Waals surface area contributed by atoms with Gasteiger partial charge in [0.05, 0.1) is 11.9 Å². The smallest absolute Gasteiger partial charge is 0.214 e. The van der Waals surface area contributed by atoms with E-state index in [1.165, 1.54) is 0 Å². The molecule has 20 heavy (non-hydrogen) atoms. The maximum Gasteiger partial charge on any atom is 0.214 e. The molecule has 2 aliphatic rings. The van der Waals surface area contributed by atoms with Crippen LogP contribution in [0.15, 0.2) is 0 Å². The minimum Gasteiger partial charge on any atom is -0.377 e. The van der Waals surface area contributed by atoms with Gasteiger partial charge in [0.15, 0.2) is 0 Å². The number of ether oxygens (including phenoxy) is 1. The van der Waals surface area contributed by atoms with Gasteiger partial charge < -0.3 is 4.74 Å². The maximum absolute atomic E-state index is 12.6. The number of alkyl halides is 1. The van der Waals surface area contributed by atoms with Crippen molar-refractivity contribution in [2.45, 2.75) is 44.2 Å². The van der Waals surface area contributed by atoms with Crippen LogP contribution in [0, 0.1) is 0 Å². The zero-order chi connectivity index (χ0) is 14.4. The predicted molar refractivity (Wildman–Crippen MR) is 85.2 cm³/mol. The summed E-state index contributed by atoms with van der Waals surface area (Å²) < 4.78 is 32.6. The normalized spacial score (nSPS) is 27.5. The van der Waals surface area contributed by atoms with Crippen molar-refractivity contribution in [3.8, 4) is 0 Å². The number of hydrogen-bond donors (Lipinski definition) is 0. The number of halogens is 1. The Kier molecular flexibility index (Phi) is 6.94. The van der Waals surface area contributed by atoms with Gasteiger partial charge in [-0.2, -0.15) is 16.1 Å². The largest absolute Gasteiger partial charge is 0.377 e. The molecule has 0 bridgehead atoms. The van der Waals surface area contributed by atoms with Crippen LogP contribution in [0.2, 0.25) is 0 Å². The lowest BCUT2D eigenvalue weighted by Crippen LogP contribution is -2.45. The highest BCUT2D eigenvalue weighted by Gasteiger charge is 2.34. The highest BCUT2D eigenvalue weighted by Crippen LogP contribution is 2.27. The molecule has 0 N–H and O–H groups in total. The number of rotatable bonds is 8. The molecule has 0 aromatic carbocycles. The van der Waals surface area contributed by atoms with Gasteiger partial charge in [0.2, 0.25) is 10.0 Å². The molecule has 7 heteroatoms. The van der Waals surface area contributed by atoms with Crippen molar-refractivity contribution in [3.05, 3.63) is 0 Å². The van der Waals surface area contributed by atoms with Gasteiger partial charge in [0.25, 0.3) is 0 Å². The Morgan fingerprint density at radius 3 is 2.75 bits per heavy atom. The summed E-state index contributed by atoms with van der Waals surface area (Å²) in [5, 5.41) is 0. The lowest BCUT2D eigenvalue weighted by molar-refractivity contribution is 0.0877. The highest BCUT2D eigenvalue weighted by atomic mass is 35.5. The first kappa shape index (κ1) is 16.9. The fraction of sp³-hybridized carbons (Fsp3) is 1.00. The van der Waals surface area contributed by atoms with E-state index in [1.807, 2.05) is 11.8 Å². The Hall–Kier alpha value is 0.510. The average Bonchev–Trinajstić information content (AvgIpc) is 3.09. The van der Waals surface area contributed by atoms with Gasteiger partial charge >= 0.3 is 0 Å². The van der Waals surface area contributed by atoms with E-state index in [1.54, 1.807) is 4.31 Å². The zero-order valence-electron chi connectivity index (χ0n) is 11.8. The van der Waals surface area contributed by atoms with Crippen LogP contribution in [-0.4, -0.2) is 61.2 Å². The van der Waals surface area contributed by atoms with E-state index in [2.05, 4.69) is 0 Å². The Bertz CT molecular complexity index is 379. The molecular weight excluding hydrogens is 318 g/mol.